The van der Waals surface area contributed by atoms with Gasteiger partial charge in [0.25, 0.3) is 0 Å². The highest BCUT2D eigenvalue weighted by Crippen LogP contribution is 2.26. The highest BCUT2D eigenvalue weighted by molar-refractivity contribution is 7.91. The van der Waals surface area contributed by atoms with Crippen molar-refractivity contribution in [2.75, 3.05) is 18.1 Å². The summed E-state index contributed by atoms with van der Waals surface area (Å²) in [6.07, 6.45) is 2.47. The second kappa shape index (κ2) is 4.55. The van der Waals surface area contributed by atoms with Gasteiger partial charge in [-0.05, 0) is 13.0 Å². The van der Waals surface area contributed by atoms with Gasteiger partial charge in [-0.25, -0.2) is 13.4 Å². The molecule has 0 aliphatic carbocycles. The van der Waals surface area contributed by atoms with E-state index in [1.54, 1.807) is 6.20 Å². The van der Waals surface area contributed by atoms with Crippen LogP contribution in [0.1, 0.15) is 30.8 Å². The Morgan fingerprint density at radius 2 is 2.44 bits per heavy atom. The van der Waals surface area contributed by atoms with Crippen LogP contribution in [0.5, 0.6) is 0 Å². The van der Waals surface area contributed by atoms with Gasteiger partial charge in [0.15, 0.2) is 9.84 Å². The van der Waals surface area contributed by atoms with E-state index in [0.29, 0.717) is 12.2 Å². The Morgan fingerprint density at radius 3 is 3.06 bits per heavy atom. The highest BCUT2D eigenvalue weighted by atomic mass is 32.2. The van der Waals surface area contributed by atoms with Gasteiger partial charge in [0.1, 0.15) is 5.82 Å². The zero-order valence-electron chi connectivity index (χ0n) is 9.36. The van der Waals surface area contributed by atoms with E-state index >= 15 is 0 Å². The number of H-pyrrole nitrogens is 1. The van der Waals surface area contributed by atoms with Crippen LogP contribution >= 0.6 is 0 Å². The van der Waals surface area contributed by atoms with E-state index in [-0.39, 0.29) is 11.7 Å². The highest BCUT2D eigenvalue weighted by Gasteiger charge is 2.30. The van der Waals surface area contributed by atoms with Crippen LogP contribution in [0, 0.1) is 0 Å². The van der Waals surface area contributed by atoms with Crippen LogP contribution in [0.2, 0.25) is 0 Å². The van der Waals surface area contributed by atoms with Crippen molar-refractivity contribution in [3.05, 3.63) is 17.7 Å². The number of imidazole rings is 1. The summed E-state index contributed by atoms with van der Waals surface area (Å²) in [5.74, 6) is 1.40. The lowest BCUT2D eigenvalue weighted by molar-refractivity contribution is 0.601. The minimum atomic E-state index is -2.83. The third kappa shape index (κ3) is 2.62. The molecule has 0 radical (unpaired) electrons. The first-order valence-corrected chi connectivity index (χ1v) is 7.38. The average Bonchev–Trinajstić information content (AvgIpc) is 2.81. The second-order valence-electron chi connectivity index (χ2n) is 4.17. The van der Waals surface area contributed by atoms with Gasteiger partial charge in [-0.3, -0.25) is 0 Å². The number of nitrogens with one attached hydrogen (secondary N) is 2. The summed E-state index contributed by atoms with van der Waals surface area (Å²) in [5.41, 5.74) is 1.01. The minimum Gasteiger partial charge on any atom is -0.345 e. The van der Waals surface area contributed by atoms with E-state index in [1.807, 2.05) is 6.92 Å². The van der Waals surface area contributed by atoms with E-state index in [9.17, 15) is 8.42 Å². The third-order valence-electron chi connectivity index (χ3n) is 2.83. The molecule has 1 atom stereocenters. The van der Waals surface area contributed by atoms with Crippen molar-refractivity contribution in [3.63, 3.8) is 0 Å². The number of aromatic nitrogens is 2. The van der Waals surface area contributed by atoms with E-state index in [0.717, 1.165) is 24.6 Å². The summed E-state index contributed by atoms with van der Waals surface area (Å²) < 4.78 is 22.7. The average molecular weight is 243 g/mol. The van der Waals surface area contributed by atoms with E-state index < -0.39 is 9.84 Å². The fourth-order valence-corrected chi connectivity index (χ4v) is 3.69. The first-order chi connectivity index (χ1) is 7.61. The van der Waals surface area contributed by atoms with Gasteiger partial charge in [0.2, 0.25) is 0 Å². The Labute approximate surface area is 95.6 Å². The monoisotopic (exact) mass is 243 g/mol. The van der Waals surface area contributed by atoms with E-state index in [2.05, 4.69) is 15.3 Å². The Hall–Kier alpha value is -0.880. The lowest BCUT2D eigenvalue weighted by atomic mass is 10.1. The van der Waals surface area contributed by atoms with Crippen LogP contribution in [0.4, 0.5) is 0 Å². The van der Waals surface area contributed by atoms with Crippen molar-refractivity contribution < 1.29 is 8.42 Å². The maximum Gasteiger partial charge on any atom is 0.151 e. The molecule has 16 heavy (non-hydrogen) atoms. The SMILES string of the molecule is CCNCc1cnc(C2CCS(=O)(=O)C2)[nH]1. The van der Waals surface area contributed by atoms with E-state index in [1.165, 1.54) is 0 Å². The maximum absolute atomic E-state index is 11.3. The molecule has 1 unspecified atom stereocenters. The second-order valence-corrected chi connectivity index (χ2v) is 6.40. The topological polar surface area (TPSA) is 74.8 Å². The summed E-state index contributed by atoms with van der Waals surface area (Å²) in [7, 11) is -2.83. The van der Waals surface area contributed by atoms with Crippen LogP contribution in [-0.4, -0.2) is 36.4 Å². The molecule has 90 valence electrons. The number of nitrogens with zero attached hydrogens (tertiary/aromatic N) is 1. The smallest absolute Gasteiger partial charge is 0.151 e. The Balaban J connectivity index is 2.02. The van der Waals surface area contributed by atoms with Crippen molar-refractivity contribution in [1.29, 1.82) is 0 Å². The molecule has 1 aromatic heterocycles. The molecular formula is C10H17N3O2S. The van der Waals surface area contributed by atoms with Crippen LogP contribution < -0.4 is 5.32 Å². The molecule has 2 rings (SSSR count). The van der Waals surface area contributed by atoms with Gasteiger partial charge in [0.05, 0.1) is 11.5 Å². The van der Waals surface area contributed by atoms with Crippen LogP contribution in [0.3, 0.4) is 0 Å². The molecule has 1 aliphatic heterocycles. The van der Waals surface area contributed by atoms with Crippen LogP contribution in [0.25, 0.3) is 0 Å². The number of sulfone groups is 1. The zero-order valence-corrected chi connectivity index (χ0v) is 10.2. The summed E-state index contributed by atoms with van der Waals surface area (Å²) in [6, 6.07) is 0. The maximum atomic E-state index is 11.3. The molecule has 0 amide bonds. The van der Waals surface area contributed by atoms with Crippen LogP contribution in [-0.2, 0) is 16.4 Å². The van der Waals surface area contributed by atoms with Gasteiger partial charge in [-0.2, -0.15) is 0 Å². The van der Waals surface area contributed by atoms with Gasteiger partial charge < -0.3 is 10.3 Å². The van der Waals surface area contributed by atoms with Crippen molar-refractivity contribution >= 4 is 9.84 Å². The molecule has 1 fully saturated rings. The van der Waals surface area contributed by atoms with Crippen LogP contribution in [0.15, 0.2) is 6.20 Å². The third-order valence-corrected chi connectivity index (χ3v) is 4.60. The fraction of sp³-hybridized carbons (Fsp3) is 0.700. The van der Waals surface area contributed by atoms with Gasteiger partial charge >= 0.3 is 0 Å². The number of rotatable bonds is 4. The van der Waals surface area contributed by atoms with E-state index in [4.69, 9.17) is 0 Å². The quantitative estimate of drug-likeness (QED) is 0.803. The van der Waals surface area contributed by atoms with Crippen molar-refractivity contribution in [1.82, 2.24) is 15.3 Å². The van der Waals surface area contributed by atoms with Gasteiger partial charge in [-0.15, -0.1) is 0 Å². The number of hydrogen-bond acceptors (Lipinski definition) is 4. The normalized spacial score (nSPS) is 23.7. The number of aromatic amines is 1. The molecule has 1 aliphatic rings. The molecular weight excluding hydrogens is 226 g/mol. The molecule has 0 saturated carbocycles. The van der Waals surface area contributed by atoms with Crippen molar-refractivity contribution in [3.8, 4) is 0 Å². The zero-order chi connectivity index (χ0) is 11.6. The first kappa shape index (κ1) is 11.6. The molecule has 1 aromatic rings. The summed E-state index contributed by atoms with van der Waals surface area (Å²) >= 11 is 0. The summed E-state index contributed by atoms with van der Waals surface area (Å²) in [5, 5.41) is 3.20. The molecule has 1 saturated heterocycles. The fourth-order valence-electron chi connectivity index (χ4n) is 1.94. The molecule has 2 N–H and O–H groups in total. The Bertz CT molecular complexity index is 452. The predicted octanol–water partition coefficient (Wildman–Crippen LogP) is 0.421. The predicted molar refractivity (Wildman–Crippen MR) is 62.0 cm³/mol. The van der Waals surface area contributed by atoms with Crippen molar-refractivity contribution in [2.24, 2.45) is 0 Å². The summed E-state index contributed by atoms with van der Waals surface area (Å²) in [6.45, 7) is 3.70. The lowest BCUT2D eigenvalue weighted by Gasteiger charge is -2.02. The van der Waals surface area contributed by atoms with Crippen molar-refractivity contribution in [2.45, 2.75) is 25.8 Å². The molecule has 5 nitrogen and oxygen atoms in total. The number of hydrogen-bond donors (Lipinski definition) is 2. The van der Waals surface area contributed by atoms with Gasteiger partial charge in [0, 0.05) is 24.4 Å². The Kier molecular flexibility index (Phi) is 3.30. The Morgan fingerprint density at radius 1 is 1.62 bits per heavy atom. The molecule has 6 heteroatoms. The van der Waals surface area contributed by atoms with Gasteiger partial charge in [-0.1, -0.05) is 6.92 Å². The minimum absolute atomic E-state index is 0.0559. The molecule has 0 spiro atoms. The summed E-state index contributed by atoms with van der Waals surface area (Å²) in [4.78, 5) is 7.45. The molecule has 0 bridgehead atoms. The molecule has 2 heterocycles. The standard InChI is InChI=1S/C10H17N3O2S/c1-2-11-5-9-6-12-10(13-9)8-3-4-16(14,15)7-8/h6,8,11H,2-5,7H2,1H3,(H,12,13). The lowest BCUT2D eigenvalue weighted by Crippen LogP contribution is -2.12. The first-order valence-electron chi connectivity index (χ1n) is 5.55. The largest absolute Gasteiger partial charge is 0.345 e. The molecule has 0 aromatic carbocycles.